The molecule has 5 N–H and O–H groups in total. The third-order valence-electron chi connectivity index (χ3n) is 2.79. The molecule has 2 aliphatic heterocycles. The molecule has 0 aromatic rings. The summed E-state index contributed by atoms with van der Waals surface area (Å²) in [5.74, 6) is -0.210. The first-order chi connectivity index (χ1) is 8.06. The van der Waals surface area contributed by atoms with Gasteiger partial charge < -0.3 is 30.7 Å². The molecule has 1 saturated heterocycles. The van der Waals surface area contributed by atoms with Crippen molar-refractivity contribution in [2.45, 2.75) is 24.5 Å². The smallest absolute Gasteiger partial charge is 0.265 e. The largest absolute Gasteiger partial charge is 0.394 e. The Hall–Kier alpha value is -0.800. The summed E-state index contributed by atoms with van der Waals surface area (Å²) >= 11 is 1.35. The molecule has 7 nitrogen and oxygen atoms in total. The van der Waals surface area contributed by atoms with E-state index >= 15 is 0 Å². The van der Waals surface area contributed by atoms with Crippen molar-refractivity contribution in [3.8, 4) is 0 Å². The van der Waals surface area contributed by atoms with Gasteiger partial charge >= 0.3 is 0 Å². The van der Waals surface area contributed by atoms with Crippen molar-refractivity contribution < 1.29 is 24.9 Å². The Morgan fingerprint density at radius 2 is 2.29 bits per heavy atom. The Morgan fingerprint density at radius 3 is 2.82 bits per heavy atom. The lowest BCUT2D eigenvalue weighted by atomic mass is 10.1. The van der Waals surface area contributed by atoms with Crippen LogP contribution in [0.2, 0.25) is 0 Å². The number of primary amides is 1. The minimum atomic E-state index is -1.19. The minimum Gasteiger partial charge on any atom is -0.394 e. The van der Waals surface area contributed by atoms with Gasteiger partial charge in [-0.05, 0) is 0 Å². The van der Waals surface area contributed by atoms with E-state index in [-0.39, 0.29) is 5.70 Å². The number of aliphatic hydroxyl groups excluding tert-OH is 3. The van der Waals surface area contributed by atoms with Crippen LogP contribution in [0.4, 0.5) is 0 Å². The van der Waals surface area contributed by atoms with E-state index in [9.17, 15) is 15.0 Å². The lowest BCUT2D eigenvalue weighted by Gasteiger charge is -2.28. The second-order valence-corrected chi connectivity index (χ2v) is 4.69. The molecule has 0 spiro atoms. The molecule has 0 saturated carbocycles. The number of rotatable bonds is 3. The molecule has 0 aliphatic carbocycles. The maximum atomic E-state index is 11.2. The second-order valence-electron chi connectivity index (χ2n) is 3.86. The van der Waals surface area contributed by atoms with Gasteiger partial charge in [0.2, 0.25) is 0 Å². The molecule has 0 bridgehead atoms. The summed E-state index contributed by atoms with van der Waals surface area (Å²) in [4.78, 5) is 12.6. The average Bonchev–Trinajstić information content (AvgIpc) is 2.86. The van der Waals surface area contributed by atoms with Gasteiger partial charge in [0, 0.05) is 5.41 Å². The van der Waals surface area contributed by atoms with Crippen LogP contribution in [-0.4, -0.2) is 63.2 Å². The average molecular weight is 262 g/mol. The van der Waals surface area contributed by atoms with Crippen molar-refractivity contribution in [3.05, 3.63) is 11.1 Å². The van der Waals surface area contributed by atoms with Crippen molar-refractivity contribution in [3.63, 3.8) is 0 Å². The van der Waals surface area contributed by atoms with Gasteiger partial charge in [0.15, 0.2) is 6.23 Å². The standard InChI is InChI=1S/C9H14N2O5S/c10-8(15)4-2-17-3-11(4)9-7(14)6(13)5(1-12)16-9/h2,5-7,9,12-14H,1,3H2,(H2,10,15)/t5-,6-,7-,9?/m1/s1. The minimum absolute atomic E-state index is 0.241. The predicted octanol–water partition coefficient (Wildman–Crippen LogP) is -2.24. The Balaban J connectivity index is 2.14. The molecule has 1 amide bonds. The van der Waals surface area contributed by atoms with Crippen LogP contribution in [0.1, 0.15) is 0 Å². The quantitative estimate of drug-likeness (QED) is 0.454. The van der Waals surface area contributed by atoms with E-state index in [4.69, 9.17) is 15.6 Å². The summed E-state index contributed by atoms with van der Waals surface area (Å²) in [6, 6.07) is 0. The molecule has 8 heteroatoms. The predicted molar refractivity (Wildman–Crippen MR) is 59.3 cm³/mol. The van der Waals surface area contributed by atoms with Crippen LogP contribution in [0, 0.1) is 0 Å². The maximum absolute atomic E-state index is 11.2. The fourth-order valence-electron chi connectivity index (χ4n) is 1.88. The Kier molecular flexibility index (Phi) is 3.59. The van der Waals surface area contributed by atoms with Gasteiger partial charge in [-0.2, -0.15) is 0 Å². The Morgan fingerprint density at radius 1 is 1.59 bits per heavy atom. The number of thioether (sulfide) groups is 1. The monoisotopic (exact) mass is 262 g/mol. The molecule has 0 radical (unpaired) electrons. The van der Waals surface area contributed by atoms with Crippen molar-refractivity contribution >= 4 is 17.7 Å². The first kappa shape index (κ1) is 12.7. The molecule has 17 heavy (non-hydrogen) atoms. The summed E-state index contributed by atoms with van der Waals surface area (Å²) in [5.41, 5.74) is 5.43. The van der Waals surface area contributed by atoms with Crippen molar-refractivity contribution in [2.24, 2.45) is 5.73 Å². The number of amides is 1. The van der Waals surface area contributed by atoms with Gasteiger partial charge in [-0.25, -0.2) is 0 Å². The molecule has 2 heterocycles. The van der Waals surface area contributed by atoms with Crippen molar-refractivity contribution in [2.75, 3.05) is 12.5 Å². The van der Waals surface area contributed by atoms with Gasteiger partial charge in [-0.1, -0.05) is 0 Å². The number of ether oxygens (including phenoxy) is 1. The van der Waals surface area contributed by atoms with Crippen LogP contribution in [0.5, 0.6) is 0 Å². The molecular weight excluding hydrogens is 248 g/mol. The zero-order chi connectivity index (χ0) is 12.6. The number of carbonyl (C=O) groups excluding carboxylic acids is 1. The van der Waals surface area contributed by atoms with Gasteiger partial charge in [0.05, 0.1) is 12.5 Å². The van der Waals surface area contributed by atoms with Crippen LogP contribution < -0.4 is 5.73 Å². The number of nitrogens with zero attached hydrogens (tertiary/aromatic N) is 1. The highest BCUT2D eigenvalue weighted by Crippen LogP contribution is 2.32. The fourth-order valence-corrected chi connectivity index (χ4v) is 2.81. The number of hydrogen-bond donors (Lipinski definition) is 4. The van der Waals surface area contributed by atoms with Gasteiger partial charge in [-0.15, -0.1) is 11.8 Å². The number of nitrogens with two attached hydrogens (primary N) is 1. The highest BCUT2D eigenvalue weighted by atomic mass is 32.2. The summed E-state index contributed by atoms with van der Waals surface area (Å²) in [7, 11) is 0. The molecule has 4 atom stereocenters. The van der Waals surface area contributed by atoms with Gasteiger partial charge in [-0.3, -0.25) is 4.79 Å². The topological polar surface area (TPSA) is 116 Å². The first-order valence-electron chi connectivity index (χ1n) is 5.07. The highest BCUT2D eigenvalue weighted by Gasteiger charge is 2.46. The second kappa shape index (κ2) is 4.83. The third-order valence-corrected chi connectivity index (χ3v) is 3.61. The molecule has 2 rings (SSSR count). The van der Waals surface area contributed by atoms with E-state index in [2.05, 4.69) is 0 Å². The summed E-state index contributed by atoms with van der Waals surface area (Å²) in [6.45, 7) is -0.397. The maximum Gasteiger partial charge on any atom is 0.265 e. The lowest BCUT2D eigenvalue weighted by molar-refractivity contribution is -0.120. The van der Waals surface area contributed by atoms with Gasteiger partial charge in [0.1, 0.15) is 24.0 Å². The summed E-state index contributed by atoms with van der Waals surface area (Å²) < 4.78 is 5.31. The summed E-state index contributed by atoms with van der Waals surface area (Å²) in [6.07, 6.45) is -4.08. The molecule has 1 unspecified atom stereocenters. The normalized spacial score (nSPS) is 37.4. The highest BCUT2D eigenvalue weighted by molar-refractivity contribution is 8.02. The van der Waals surface area contributed by atoms with Gasteiger partial charge in [0.25, 0.3) is 5.91 Å². The van der Waals surface area contributed by atoms with E-state index in [0.29, 0.717) is 5.88 Å². The first-order valence-corrected chi connectivity index (χ1v) is 6.11. The SMILES string of the molecule is NC(=O)C1=CSCN1C1O[C@H](CO)[C@@H](O)[C@H]1O. The zero-order valence-electron chi connectivity index (χ0n) is 8.89. The number of aliphatic hydroxyl groups is 3. The van der Waals surface area contributed by atoms with Crippen LogP contribution in [0.25, 0.3) is 0 Å². The van der Waals surface area contributed by atoms with E-state index in [1.165, 1.54) is 16.7 Å². The van der Waals surface area contributed by atoms with Crippen LogP contribution in [0.3, 0.4) is 0 Å². The van der Waals surface area contributed by atoms with E-state index < -0.39 is 37.1 Å². The lowest BCUT2D eigenvalue weighted by Crippen LogP contribution is -2.44. The van der Waals surface area contributed by atoms with Crippen LogP contribution in [0.15, 0.2) is 11.1 Å². The zero-order valence-corrected chi connectivity index (χ0v) is 9.71. The van der Waals surface area contributed by atoms with E-state index in [1.54, 1.807) is 5.41 Å². The molecule has 0 aromatic carbocycles. The van der Waals surface area contributed by atoms with Crippen LogP contribution in [-0.2, 0) is 9.53 Å². The molecule has 1 fully saturated rings. The number of hydrogen-bond acceptors (Lipinski definition) is 7. The van der Waals surface area contributed by atoms with E-state index in [0.717, 1.165) is 0 Å². The third kappa shape index (κ3) is 2.14. The Bertz CT molecular complexity index is 350. The molecular formula is C9H14N2O5S. The van der Waals surface area contributed by atoms with Crippen LogP contribution >= 0.6 is 11.8 Å². The summed E-state index contributed by atoms with van der Waals surface area (Å²) in [5, 5.41) is 30.0. The molecule has 2 aliphatic rings. The fraction of sp³-hybridized carbons (Fsp3) is 0.667. The van der Waals surface area contributed by atoms with Crippen molar-refractivity contribution in [1.82, 2.24) is 4.90 Å². The van der Waals surface area contributed by atoms with E-state index in [1.807, 2.05) is 0 Å². The molecule has 96 valence electrons. The van der Waals surface area contributed by atoms with Crippen molar-refractivity contribution in [1.29, 1.82) is 0 Å². The number of carbonyl (C=O) groups is 1. The Labute approximate surface area is 102 Å². The molecule has 0 aromatic heterocycles.